The number of aryl methyl sites for hydroxylation is 1. The second-order valence-corrected chi connectivity index (χ2v) is 8.57. The van der Waals surface area contributed by atoms with E-state index in [1.165, 1.54) is 4.90 Å². The summed E-state index contributed by atoms with van der Waals surface area (Å²) in [4.78, 5) is 37.4. The van der Waals surface area contributed by atoms with Crippen LogP contribution in [0, 0.1) is 6.92 Å². The van der Waals surface area contributed by atoms with Gasteiger partial charge in [0.1, 0.15) is 13.2 Å². The van der Waals surface area contributed by atoms with Crippen molar-refractivity contribution in [1.29, 1.82) is 0 Å². The van der Waals surface area contributed by atoms with Gasteiger partial charge in [-0.3, -0.25) is 9.59 Å². The Balaban J connectivity index is 1.26. The average Bonchev–Trinajstić information content (AvgIpc) is 3.18. The summed E-state index contributed by atoms with van der Waals surface area (Å²) in [6, 6.07) is 23.4. The number of anilines is 1. The maximum absolute atomic E-state index is 12.7. The van der Waals surface area contributed by atoms with Crippen LogP contribution in [0.5, 0.6) is 0 Å². The molecule has 2 amide bonds. The lowest BCUT2D eigenvalue weighted by Crippen LogP contribution is -2.36. The lowest BCUT2D eigenvalue weighted by molar-refractivity contribution is -0.136. The standard InChI is InChI=1S/C28H28N2O5/c1-19-12-14-20(15-13-19)30(17-27(32)33)26(31)11-6-16-29-28(34)35-18-25-23-9-4-2-7-21(23)22-8-3-5-10-24(22)25/h2-5,7-10,12-15,25H,6,11,16-18H2,1H3,(H,29,34)(H,32,33). The number of aliphatic carboxylic acids is 1. The summed E-state index contributed by atoms with van der Waals surface area (Å²) in [6.07, 6.45) is -0.0734. The van der Waals surface area contributed by atoms with Gasteiger partial charge in [0, 0.05) is 24.6 Å². The second-order valence-electron chi connectivity index (χ2n) is 8.57. The molecule has 0 saturated carbocycles. The van der Waals surface area contributed by atoms with Gasteiger partial charge in [-0.15, -0.1) is 0 Å². The van der Waals surface area contributed by atoms with Crippen molar-refractivity contribution < 1.29 is 24.2 Å². The van der Waals surface area contributed by atoms with E-state index in [1.54, 1.807) is 12.1 Å². The quantitative estimate of drug-likeness (QED) is 0.439. The van der Waals surface area contributed by atoms with E-state index < -0.39 is 18.6 Å². The third-order valence-electron chi connectivity index (χ3n) is 6.12. The van der Waals surface area contributed by atoms with Crippen molar-refractivity contribution >= 4 is 23.7 Å². The number of hydrogen-bond acceptors (Lipinski definition) is 4. The van der Waals surface area contributed by atoms with E-state index >= 15 is 0 Å². The Labute approximate surface area is 204 Å². The van der Waals surface area contributed by atoms with Crippen molar-refractivity contribution in [2.24, 2.45) is 0 Å². The highest BCUT2D eigenvalue weighted by atomic mass is 16.5. The van der Waals surface area contributed by atoms with Crippen LogP contribution < -0.4 is 10.2 Å². The van der Waals surface area contributed by atoms with Crippen LogP contribution in [0.4, 0.5) is 10.5 Å². The first-order valence-electron chi connectivity index (χ1n) is 11.6. The summed E-state index contributed by atoms with van der Waals surface area (Å²) in [6.45, 7) is 1.97. The zero-order chi connectivity index (χ0) is 24.8. The van der Waals surface area contributed by atoms with Gasteiger partial charge in [-0.2, -0.15) is 0 Å². The molecule has 4 rings (SSSR count). The summed E-state index contributed by atoms with van der Waals surface area (Å²) in [5.41, 5.74) is 6.16. The van der Waals surface area contributed by atoms with E-state index in [4.69, 9.17) is 4.74 Å². The van der Waals surface area contributed by atoms with Crippen LogP contribution in [0.1, 0.15) is 35.4 Å². The van der Waals surface area contributed by atoms with Gasteiger partial charge in [0.2, 0.25) is 5.91 Å². The topological polar surface area (TPSA) is 95.9 Å². The number of nitrogens with one attached hydrogen (secondary N) is 1. The molecule has 1 aliphatic rings. The van der Waals surface area contributed by atoms with Gasteiger partial charge < -0.3 is 20.1 Å². The molecule has 2 N–H and O–H groups in total. The van der Waals surface area contributed by atoms with Crippen LogP contribution in [-0.2, 0) is 14.3 Å². The van der Waals surface area contributed by atoms with E-state index in [9.17, 15) is 19.5 Å². The van der Waals surface area contributed by atoms with Gasteiger partial charge in [-0.05, 0) is 47.7 Å². The van der Waals surface area contributed by atoms with Gasteiger partial charge in [0.25, 0.3) is 0 Å². The number of carbonyl (C=O) groups is 3. The number of amides is 2. The number of ether oxygens (including phenoxy) is 1. The smallest absolute Gasteiger partial charge is 0.407 e. The number of rotatable bonds is 9. The SMILES string of the molecule is Cc1ccc(N(CC(=O)O)C(=O)CCCNC(=O)OCC2c3ccccc3-c3ccccc32)cc1. The van der Waals surface area contributed by atoms with Gasteiger partial charge in [0.05, 0.1) is 0 Å². The summed E-state index contributed by atoms with van der Waals surface area (Å²) >= 11 is 0. The Hall–Kier alpha value is -4.13. The largest absolute Gasteiger partial charge is 0.480 e. The highest BCUT2D eigenvalue weighted by Crippen LogP contribution is 2.44. The fourth-order valence-corrected chi connectivity index (χ4v) is 4.40. The number of carboxylic acid groups (broad SMARTS) is 1. The molecule has 1 aliphatic carbocycles. The average molecular weight is 473 g/mol. The molecule has 7 nitrogen and oxygen atoms in total. The highest BCUT2D eigenvalue weighted by Gasteiger charge is 2.29. The number of benzene rings is 3. The van der Waals surface area contributed by atoms with Crippen LogP contribution in [0.25, 0.3) is 11.1 Å². The summed E-state index contributed by atoms with van der Waals surface area (Å²) in [5.74, 6) is -1.42. The molecule has 0 spiro atoms. The van der Waals surface area contributed by atoms with Gasteiger partial charge in [-0.1, -0.05) is 66.2 Å². The summed E-state index contributed by atoms with van der Waals surface area (Å²) in [7, 11) is 0. The minimum Gasteiger partial charge on any atom is -0.480 e. The number of carbonyl (C=O) groups excluding carboxylic acids is 2. The van der Waals surface area contributed by atoms with E-state index in [-0.39, 0.29) is 31.4 Å². The molecular formula is C28H28N2O5. The van der Waals surface area contributed by atoms with E-state index in [0.29, 0.717) is 12.1 Å². The Bertz CT molecular complexity index is 1180. The lowest BCUT2D eigenvalue weighted by Gasteiger charge is -2.21. The molecule has 3 aromatic carbocycles. The first-order chi connectivity index (χ1) is 16.9. The zero-order valence-electron chi connectivity index (χ0n) is 19.6. The zero-order valence-corrected chi connectivity index (χ0v) is 19.6. The number of carboxylic acids is 1. The normalized spacial score (nSPS) is 11.9. The van der Waals surface area contributed by atoms with E-state index in [1.807, 2.05) is 43.3 Å². The van der Waals surface area contributed by atoms with Crippen molar-refractivity contribution in [3.63, 3.8) is 0 Å². The molecule has 0 heterocycles. The third kappa shape index (κ3) is 5.69. The van der Waals surface area contributed by atoms with Crippen molar-refractivity contribution in [3.05, 3.63) is 89.5 Å². The van der Waals surface area contributed by atoms with Crippen LogP contribution in [-0.4, -0.2) is 42.8 Å². The highest BCUT2D eigenvalue weighted by molar-refractivity contribution is 5.97. The maximum atomic E-state index is 12.7. The van der Waals surface area contributed by atoms with Crippen molar-refractivity contribution in [2.45, 2.75) is 25.7 Å². The summed E-state index contributed by atoms with van der Waals surface area (Å²) < 4.78 is 5.50. The molecule has 0 radical (unpaired) electrons. The third-order valence-corrected chi connectivity index (χ3v) is 6.12. The van der Waals surface area contributed by atoms with Crippen molar-refractivity contribution in [3.8, 4) is 11.1 Å². The molecule has 0 aliphatic heterocycles. The molecule has 0 aromatic heterocycles. The Morgan fingerprint density at radius 3 is 2.11 bits per heavy atom. The Morgan fingerprint density at radius 2 is 1.51 bits per heavy atom. The first-order valence-corrected chi connectivity index (χ1v) is 11.6. The maximum Gasteiger partial charge on any atom is 0.407 e. The molecule has 0 saturated heterocycles. The minimum absolute atomic E-state index is 0.0196. The van der Waals surface area contributed by atoms with E-state index in [0.717, 1.165) is 27.8 Å². The molecular weight excluding hydrogens is 444 g/mol. The lowest BCUT2D eigenvalue weighted by atomic mass is 9.98. The fourth-order valence-electron chi connectivity index (χ4n) is 4.40. The molecule has 0 unspecified atom stereocenters. The molecule has 3 aromatic rings. The van der Waals surface area contributed by atoms with Crippen LogP contribution >= 0.6 is 0 Å². The van der Waals surface area contributed by atoms with Crippen LogP contribution in [0.15, 0.2) is 72.8 Å². The number of nitrogens with zero attached hydrogens (tertiary/aromatic N) is 1. The predicted molar refractivity (Wildman–Crippen MR) is 133 cm³/mol. The molecule has 0 fully saturated rings. The van der Waals surface area contributed by atoms with Gasteiger partial charge >= 0.3 is 12.1 Å². The second kappa shape index (κ2) is 10.9. The van der Waals surface area contributed by atoms with Gasteiger partial charge in [-0.25, -0.2) is 4.79 Å². The number of alkyl carbamates (subject to hydrolysis) is 1. The predicted octanol–water partition coefficient (Wildman–Crippen LogP) is 4.73. The summed E-state index contributed by atoms with van der Waals surface area (Å²) in [5, 5.41) is 11.9. The van der Waals surface area contributed by atoms with E-state index in [2.05, 4.69) is 29.6 Å². The molecule has 7 heteroatoms. The van der Waals surface area contributed by atoms with Crippen LogP contribution in [0.2, 0.25) is 0 Å². The molecule has 0 atom stereocenters. The number of hydrogen-bond donors (Lipinski definition) is 2. The fraction of sp³-hybridized carbons (Fsp3) is 0.250. The van der Waals surface area contributed by atoms with Crippen LogP contribution in [0.3, 0.4) is 0 Å². The monoisotopic (exact) mass is 472 g/mol. The molecule has 180 valence electrons. The van der Waals surface area contributed by atoms with Gasteiger partial charge in [0.15, 0.2) is 0 Å². The molecule has 0 bridgehead atoms. The number of fused-ring (bicyclic) bond motifs is 3. The first kappa shape index (κ1) is 24.0. The molecule has 35 heavy (non-hydrogen) atoms. The van der Waals surface area contributed by atoms with Crippen molar-refractivity contribution in [1.82, 2.24) is 5.32 Å². The Kier molecular flexibility index (Phi) is 7.45. The minimum atomic E-state index is -1.09. The van der Waals surface area contributed by atoms with Crippen molar-refractivity contribution in [2.75, 3.05) is 24.6 Å². The Morgan fingerprint density at radius 1 is 0.914 bits per heavy atom.